The fourth-order valence-electron chi connectivity index (χ4n) is 2.00. The molecule has 0 fully saturated rings. The van der Waals surface area contributed by atoms with Gasteiger partial charge in [-0.15, -0.1) is 11.6 Å². The molecule has 0 N–H and O–H groups in total. The predicted octanol–water partition coefficient (Wildman–Crippen LogP) is 3.54. The van der Waals surface area contributed by atoms with Crippen LogP contribution in [0.15, 0.2) is 18.2 Å². The number of ether oxygens (including phenoxy) is 1. The topological polar surface area (TPSA) is 27.1 Å². The number of rotatable bonds is 6. The second-order valence-corrected chi connectivity index (χ2v) is 5.27. The van der Waals surface area contributed by atoms with Crippen LogP contribution in [0.25, 0.3) is 11.0 Å². The molecule has 0 saturated heterocycles. The zero-order chi connectivity index (χ0) is 13.0. The molecule has 0 amide bonds. The van der Waals surface area contributed by atoms with Crippen molar-refractivity contribution in [3.8, 4) is 5.75 Å². The molecule has 5 heteroatoms. The van der Waals surface area contributed by atoms with Crippen molar-refractivity contribution in [1.82, 2.24) is 9.55 Å². The summed E-state index contributed by atoms with van der Waals surface area (Å²) in [6.07, 6.45) is 3.25. The largest absolute Gasteiger partial charge is 0.497 e. The first kappa shape index (κ1) is 13.6. The van der Waals surface area contributed by atoms with Crippen molar-refractivity contribution in [3.63, 3.8) is 0 Å². The van der Waals surface area contributed by atoms with Gasteiger partial charge in [-0.3, -0.25) is 0 Å². The first-order valence-corrected chi connectivity index (χ1v) is 7.81. The van der Waals surface area contributed by atoms with Crippen molar-refractivity contribution in [2.75, 3.05) is 19.1 Å². The first-order valence-electron chi connectivity index (χ1n) is 5.88. The van der Waals surface area contributed by atoms with E-state index < -0.39 is 0 Å². The van der Waals surface area contributed by atoms with Gasteiger partial charge in [-0.1, -0.05) is 0 Å². The maximum Gasteiger partial charge on any atom is 0.124 e. The van der Waals surface area contributed by atoms with Crippen LogP contribution in [0.5, 0.6) is 5.75 Å². The number of aryl methyl sites for hydroxylation is 1. The molecule has 2 rings (SSSR count). The molecule has 0 bridgehead atoms. The van der Waals surface area contributed by atoms with Gasteiger partial charge < -0.3 is 9.30 Å². The Hall–Kier alpha value is -0.870. The second-order valence-electron chi connectivity index (χ2n) is 4.01. The number of fused-ring (bicyclic) bond motifs is 1. The van der Waals surface area contributed by atoms with Gasteiger partial charge in [0, 0.05) is 12.6 Å². The van der Waals surface area contributed by atoms with Crippen LogP contribution in [0, 0.1) is 0 Å². The van der Waals surface area contributed by atoms with Gasteiger partial charge in [0.2, 0.25) is 0 Å². The van der Waals surface area contributed by atoms with Gasteiger partial charge in [0.05, 0.1) is 24.0 Å². The monoisotopic (exact) mass is 284 g/mol. The van der Waals surface area contributed by atoms with Crippen LogP contribution in [0.4, 0.5) is 0 Å². The number of aromatic nitrogens is 2. The summed E-state index contributed by atoms with van der Waals surface area (Å²) in [6, 6.07) is 5.97. The number of alkyl halides is 1. The van der Waals surface area contributed by atoms with E-state index in [1.54, 1.807) is 7.11 Å². The van der Waals surface area contributed by atoms with E-state index in [2.05, 4.69) is 21.9 Å². The summed E-state index contributed by atoms with van der Waals surface area (Å²) in [5.74, 6) is 3.35. The lowest BCUT2D eigenvalue weighted by atomic mass is 10.3. The van der Waals surface area contributed by atoms with E-state index in [-0.39, 0.29) is 0 Å². The van der Waals surface area contributed by atoms with Gasteiger partial charge in [-0.2, -0.15) is 11.8 Å². The average Bonchev–Trinajstić information content (AvgIpc) is 2.76. The van der Waals surface area contributed by atoms with Gasteiger partial charge in [-0.25, -0.2) is 4.98 Å². The molecule has 0 aliphatic rings. The van der Waals surface area contributed by atoms with Gasteiger partial charge >= 0.3 is 0 Å². The number of imidazole rings is 1. The van der Waals surface area contributed by atoms with Crippen LogP contribution in [0.2, 0.25) is 0 Å². The molecular formula is C13H17ClN2OS. The molecule has 1 aromatic carbocycles. The van der Waals surface area contributed by atoms with E-state index in [1.165, 1.54) is 0 Å². The predicted molar refractivity (Wildman–Crippen MR) is 78.8 cm³/mol. The highest BCUT2D eigenvalue weighted by atomic mass is 35.5. The summed E-state index contributed by atoms with van der Waals surface area (Å²) in [5, 5.41) is 0. The molecule has 0 aliphatic carbocycles. The minimum atomic E-state index is 0.441. The van der Waals surface area contributed by atoms with Crippen LogP contribution >= 0.6 is 23.4 Å². The summed E-state index contributed by atoms with van der Waals surface area (Å²) in [5.41, 5.74) is 2.08. The molecule has 1 aromatic heterocycles. The Kier molecular flexibility index (Phi) is 4.78. The Labute approximate surface area is 116 Å². The number of halogens is 1. The maximum absolute atomic E-state index is 5.97. The van der Waals surface area contributed by atoms with Gasteiger partial charge in [0.1, 0.15) is 11.6 Å². The third-order valence-electron chi connectivity index (χ3n) is 2.88. The molecule has 98 valence electrons. The number of nitrogens with zero attached hydrogens (tertiary/aromatic N) is 2. The Morgan fingerprint density at radius 2 is 2.28 bits per heavy atom. The Morgan fingerprint density at radius 1 is 1.44 bits per heavy atom. The number of hydrogen-bond acceptors (Lipinski definition) is 3. The zero-order valence-corrected chi connectivity index (χ0v) is 12.2. The third-order valence-corrected chi connectivity index (χ3v) is 3.82. The van der Waals surface area contributed by atoms with Gasteiger partial charge in [0.25, 0.3) is 0 Å². The Morgan fingerprint density at radius 3 is 2.94 bits per heavy atom. The van der Waals surface area contributed by atoms with Gasteiger partial charge in [0.15, 0.2) is 0 Å². The van der Waals surface area contributed by atoms with Crippen LogP contribution in [0.1, 0.15) is 12.2 Å². The lowest BCUT2D eigenvalue weighted by Gasteiger charge is -2.07. The lowest BCUT2D eigenvalue weighted by molar-refractivity contribution is 0.415. The summed E-state index contributed by atoms with van der Waals surface area (Å²) in [4.78, 5) is 4.56. The molecule has 0 saturated carbocycles. The normalized spacial score (nSPS) is 11.1. The standard InChI is InChI=1S/C13H17ClN2OS/c1-17-10-4-5-12-11(8-10)15-13(9-14)16(12)6-3-7-18-2/h4-5,8H,3,6-7,9H2,1-2H3. The zero-order valence-electron chi connectivity index (χ0n) is 10.6. The van der Waals surface area contributed by atoms with Crippen LogP contribution < -0.4 is 4.74 Å². The lowest BCUT2D eigenvalue weighted by Crippen LogP contribution is -2.03. The molecule has 0 atom stereocenters. The summed E-state index contributed by atoms with van der Waals surface area (Å²) in [6.45, 7) is 0.964. The average molecular weight is 285 g/mol. The maximum atomic E-state index is 5.97. The molecule has 3 nitrogen and oxygen atoms in total. The number of benzene rings is 1. The smallest absolute Gasteiger partial charge is 0.124 e. The molecular weight excluding hydrogens is 268 g/mol. The number of thioether (sulfide) groups is 1. The number of methoxy groups -OCH3 is 1. The van der Waals surface area contributed by atoms with Crippen LogP contribution in [-0.4, -0.2) is 28.7 Å². The van der Waals surface area contributed by atoms with E-state index >= 15 is 0 Å². The Balaban J connectivity index is 2.36. The van der Waals surface area contributed by atoms with E-state index in [9.17, 15) is 0 Å². The SMILES string of the molecule is COc1ccc2c(c1)nc(CCl)n2CCCSC. The van der Waals surface area contributed by atoms with Gasteiger partial charge in [-0.05, 0) is 30.6 Å². The van der Waals surface area contributed by atoms with Crippen molar-refractivity contribution in [2.45, 2.75) is 18.8 Å². The van der Waals surface area contributed by atoms with Crippen LogP contribution in [0.3, 0.4) is 0 Å². The highest BCUT2D eigenvalue weighted by molar-refractivity contribution is 7.98. The van der Waals surface area contributed by atoms with Crippen molar-refractivity contribution >= 4 is 34.4 Å². The fraction of sp³-hybridized carbons (Fsp3) is 0.462. The summed E-state index contributed by atoms with van der Waals surface area (Å²) < 4.78 is 7.42. The second kappa shape index (κ2) is 6.34. The minimum absolute atomic E-state index is 0.441. The molecule has 0 spiro atoms. The van der Waals surface area contributed by atoms with Crippen molar-refractivity contribution in [3.05, 3.63) is 24.0 Å². The van der Waals surface area contributed by atoms with E-state index in [0.29, 0.717) is 5.88 Å². The van der Waals surface area contributed by atoms with Crippen LogP contribution in [-0.2, 0) is 12.4 Å². The van der Waals surface area contributed by atoms with Crippen molar-refractivity contribution < 1.29 is 4.74 Å². The summed E-state index contributed by atoms with van der Waals surface area (Å²) in [7, 11) is 1.67. The van der Waals surface area contributed by atoms with E-state index in [1.807, 2.05) is 23.9 Å². The first-order chi connectivity index (χ1) is 8.80. The number of hydrogen-bond donors (Lipinski definition) is 0. The summed E-state index contributed by atoms with van der Waals surface area (Å²) >= 11 is 7.83. The molecule has 0 aliphatic heterocycles. The van der Waals surface area contributed by atoms with E-state index in [0.717, 1.165) is 41.3 Å². The van der Waals surface area contributed by atoms with Crippen molar-refractivity contribution in [1.29, 1.82) is 0 Å². The quantitative estimate of drug-likeness (QED) is 0.600. The highest BCUT2D eigenvalue weighted by Gasteiger charge is 2.10. The fourth-order valence-corrected chi connectivity index (χ4v) is 2.63. The molecule has 0 unspecified atom stereocenters. The van der Waals surface area contributed by atoms with Crippen molar-refractivity contribution in [2.24, 2.45) is 0 Å². The highest BCUT2D eigenvalue weighted by Crippen LogP contribution is 2.23. The third kappa shape index (κ3) is 2.75. The molecule has 0 radical (unpaired) electrons. The molecule has 2 aromatic rings. The molecule has 1 heterocycles. The minimum Gasteiger partial charge on any atom is -0.497 e. The molecule has 18 heavy (non-hydrogen) atoms. The Bertz CT molecular complexity index is 527. The van der Waals surface area contributed by atoms with E-state index in [4.69, 9.17) is 16.3 Å².